The van der Waals surface area contributed by atoms with Crippen LogP contribution in [0.5, 0.6) is 5.75 Å². The molecule has 1 heterocycles. The number of carboxylic acid groups (broad SMARTS) is 1. The molecule has 1 aliphatic rings. The lowest BCUT2D eigenvalue weighted by atomic mass is 10.1. The Bertz CT molecular complexity index is 515. The van der Waals surface area contributed by atoms with Crippen molar-refractivity contribution in [3.63, 3.8) is 0 Å². The molecule has 1 atom stereocenters. The Kier molecular flexibility index (Phi) is 5.12. The molecule has 5 nitrogen and oxygen atoms in total. The van der Waals surface area contributed by atoms with Gasteiger partial charge in [-0.3, -0.25) is 4.79 Å². The zero-order chi connectivity index (χ0) is 15.4. The van der Waals surface area contributed by atoms with Gasteiger partial charge in [-0.1, -0.05) is 13.8 Å². The first kappa shape index (κ1) is 15.7. The number of rotatable bonds is 5. The number of thioether (sulfide) groups is 1. The van der Waals surface area contributed by atoms with Gasteiger partial charge in [0, 0.05) is 11.3 Å². The number of nitrogens with zero attached hydrogens (tertiary/aromatic N) is 1. The molecule has 1 aromatic carbocycles. The molecular formula is C15H19NO4S. The predicted octanol–water partition coefficient (Wildman–Crippen LogP) is 2.32. The molecule has 0 saturated carbocycles. The van der Waals surface area contributed by atoms with Crippen molar-refractivity contribution in [2.45, 2.75) is 19.9 Å². The Labute approximate surface area is 128 Å². The standard InChI is InChI=1S/C15H19NO4S/c1-10(2)7-20-12-5-3-11(4-6-12)14(17)16-9-21-8-13(16)15(18)19/h3-6,10,13H,7-9H2,1-2H3,(H,18,19). The van der Waals surface area contributed by atoms with Crippen LogP contribution < -0.4 is 4.74 Å². The molecule has 0 aliphatic carbocycles. The molecule has 0 bridgehead atoms. The van der Waals surface area contributed by atoms with E-state index in [1.165, 1.54) is 16.7 Å². The molecule has 1 saturated heterocycles. The maximum atomic E-state index is 12.3. The Morgan fingerprint density at radius 1 is 1.38 bits per heavy atom. The van der Waals surface area contributed by atoms with Gasteiger partial charge in [0.05, 0.1) is 12.5 Å². The molecule has 114 valence electrons. The monoisotopic (exact) mass is 309 g/mol. The zero-order valence-electron chi connectivity index (χ0n) is 12.1. The second-order valence-electron chi connectivity index (χ2n) is 5.36. The van der Waals surface area contributed by atoms with Crippen LogP contribution >= 0.6 is 11.8 Å². The third kappa shape index (κ3) is 3.91. The van der Waals surface area contributed by atoms with Crippen LogP contribution in [0.25, 0.3) is 0 Å². The number of aliphatic carboxylic acids is 1. The number of carbonyl (C=O) groups is 2. The van der Waals surface area contributed by atoms with Crippen LogP contribution in [-0.4, -0.2) is 46.2 Å². The van der Waals surface area contributed by atoms with E-state index in [9.17, 15) is 9.59 Å². The fourth-order valence-electron chi connectivity index (χ4n) is 1.97. The fourth-order valence-corrected chi connectivity index (χ4v) is 3.11. The van der Waals surface area contributed by atoms with Crippen molar-refractivity contribution in [1.82, 2.24) is 4.90 Å². The molecule has 1 aliphatic heterocycles. The van der Waals surface area contributed by atoms with E-state index in [1.54, 1.807) is 24.3 Å². The summed E-state index contributed by atoms with van der Waals surface area (Å²) in [6.45, 7) is 4.75. The smallest absolute Gasteiger partial charge is 0.327 e. The molecule has 6 heteroatoms. The minimum atomic E-state index is -0.953. The Morgan fingerprint density at radius 3 is 2.62 bits per heavy atom. The van der Waals surface area contributed by atoms with E-state index in [2.05, 4.69) is 13.8 Å². The maximum absolute atomic E-state index is 12.3. The normalized spacial score (nSPS) is 18.0. The number of benzene rings is 1. The summed E-state index contributed by atoms with van der Waals surface area (Å²) in [5.41, 5.74) is 0.487. The van der Waals surface area contributed by atoms with Gasteiger partial charge in [-0.15, -0.1) is 11.8 Å². The summed E-state index contributed by atoms with van der Waals surface area (Å²) in [5.74, 6) is 0.807. The topological polar surface area (TPSA) is 66.8 Å². The van der Waals surface area contributed by atoms with Gasteiger partial charge in [-0.05, 0) is 30.2 Å². The highest BCUT2D eigenvalue weighted by Crippen LogP contribution is 2.24. The summed E-state index contributed by atoms with van der Waals surface area (Å²) in [6.07, 6.45) is 0. The summed E-state index contributed by atoms with van der Waals surface area (Å²) < 4.78 is 5.56. The van der Waals surface area contributed by atoms with Gasteiger partial charge in [-0.2, -0.15) is 0 Å². The lowest BCUT2D eigenvalue weighted by Crippen LogP contribution is -2.41. The molecule has 1 fully saturated rings. The Balaban J connectivity index is 2.04. The molecule has 1 aromatic rings. The SMILES string of the molecule is CC(C)COc1ccc(C(=O)N2CSCC2C(=O)O)cc1. The number of carbonyl (C=O) groups excluding carboxylic acids is 1. The third-order valence-corrected chi connectivity index (χ3v) is 4.13. The molecule has 0 spiro atoms. The molecule has 1 N–H and O–H groups in total. The highest BCUT2D eigenvalue weighted by molar-refractivity contribution is 7.99. The fraction of sp³-hybridized carbons (Fsp3) is 0.467. The highest BCUT2D eigenvalue weighted by atomic mass is 32.2. The zero-order valence-corrected chi connectivity index (χ0v) is 12.9. The van der Waals surface area contributed by atoms with E-state index in [1.807, 2.05) is 0 Å². The van der Waals surface area contributed by atoms with E-state index in [4.69, 9.17) is 9.84 Å². The largest absolute Gasteiger partial charge is 0.493 e. The van der Waals surface area contributed by atoms with E-state index in [0.717, 1.165) is 0 Å². The van der Waals surface area contributed by atoms with E-state index < -0.39 is 12.0 Å². The second-order valence-corrected chi connectivity index (χ2v) is 6.36. The minimum Gasteiger partial charge on any atom is -0.493 e. The van der Waals surface area contributed by atoms with E-state index >= 15 is 0 Å². The molecule has 0 radical (unpaired) electrons. The van der Waals surface area contributed by atoms with Gasteiger partial charge < -0.3 is 14.7 Å². The van der Waals surface area contributed by atoms with Gasteiger partial charge in [0.15, 0.2) is 0 Å². The van der Waals surface area contributed by atoms with Crippen LogP contribution in [-0.2, 0) is 4.79 Å². The second kappa shape index (κ2) is 6.85. The van der Waals surface area contributed by atoms with Crippen molar-refractivity contribution in [2.75, 3.05) is 18.2 Å². The molecule has 0 aromatic heterocycles. The van der Waals surface area contributed by atoms with Crippen LogP contribution in [0.2, 0.25) is 0 Å². The van der Waals surface area contributed by atoms with Crippen LogP contribution in [0.15, 0.2) is 24.3 Å². The van der Waals surface area contributed by atoms with E-state index in [0.29, 0.717) is 35.5 Å². The lowest BCUT2D eigenvalue weighted by molar-refractivity contribution is -0.140. The molecule has 21 heavy (non-hydrogen) atoms. The predicted molar refractivity (Wildman–Crippen MR) is 81.7 cm³/mol. The van der Waals surface area contributed by atoms with E-state index in [-0.39, 0.29) is 5.91 Å². The Morgan fingerprint density at radius 2 is 2.05 bits per heavy atom. The van der Waals surface area contributed by atoms with Crippen molar-refractivity contribution < 1.29 is 19.4 Å². The van der Waals surface area contributed by atoms with Crippen molar-refractivity contribution >= 4 is 23.6 Å². The summed E-state index contributed by atoms with van der Waals surface area (Å²) in [6, 6.07) is 6.11. The van der Waals surface area contributed by atoms with Gasteiger partial charge in [-0.25, -0.2) is 4.79 Å². The molecular weight excluding hydrogens is 290 g/mol. The number of ether oxygens (including phenoxy) is 1. The Hall–Kier alpha value is -1.69. The van der Waals surface area contributed by atoms with Crippen LogP contribution in [0, 0.1) is 5.92 Å². The van der Waals surface area contributed by atoms with Gasteiger partial charge >= 0.3 is 5.97 Å². The summed E-state index contributed by atoms with van der Waals surface area (Å²) in [4.78, 5) is 24.9. The lowest BCUT2D eigenvalue weighted by Gasteiger charge is -2.20. The van der Waals surface area contributed by atoms with Crippen molar-refractivity contribution in [2.24, 2.45) is 5.92 Å². The first-order valence-electron chi connectivity index (χ1n) is 6.83. The number of carboxylic acids is 1. The van der Waals surface area contributed by atoms with Gasteiger partial charge in [0.25, 0.3) is 5.91 Å². The quantitative estimate of drug-likeness (QED) is 0.904. The first-order chi connectivity index (χ1) is 9.99. The van der Waals surface area contributed by atoms with Crippen LogP contribution in [0.4, 0.5) is 0 Å². The maximum Gasteiger partial charge on any atom is 0.327 e. The summed E-state index contributed by atoms with van der Waals surface area (Å²) in [5, 5.41) is 9.12. The first-order valence-corrected chi connectivity index (χ1v) is 7.99. The number of hydrogen-bond acceptors (Lipinski definition) is 4. The van der Waals surface area contributed by atoms with Crippen LogP contribution in [0.3, 0.4) is 0 Å². The van der Waals surface area contributed by atoms with Gasteiger partial charge in [0.2, 0.25) is 0 Å². The number of amides is 1. The average molecular weight is 309 g/mol. The molecule has 1 unspecified atom stereocenters. The van der Waals surface area contributed by atoms with Gasteiger partial charge in [0.1, 0.15) is 11.8 Å². The van der Waals surface area contributed by atoms with Crippen molar-refractivity contribution in [3.05, 3.63) is 29.8 Å². The van der Waals surface area contributed by atoms with Crippen molar-refractivity contribution in [3.8, 4) is 5.75 Å². The highest BCUT2D eigenvalue weighted by Gasteiger charge is 2.34. The molecule has 1 amide bonds. The average Bonchev–Trinajstić information content (AvgIpc) is 2.94. The summed E-state index contributed by atoms with van der Waals surface area (Å²) >= 11 is 1.46. The van der Waals surface area contributed by atoms with Crippen molar-refractivity contribution in [1.29, 1.82) is 0 Å². The minimum absolute atomic E-state index is 0.247. The third-order valence-electron chi connectivity index (χ3n) is 3.11. The number of hydrogen-bond donors (Lipinski definition) is 1. The van der Waals surface area contributed by atoms with Crippen LogP contribution in [0.1, 0.15) is 24.2 Å². The molecule has 2 rings (SSSR count). The summed E-state index contributed by atoms with van der Waals surface area (Å²) in [7, 11) is 0.